The van der Waals surface area contributed by atoms with E-state index < -0.39 is 5.97 Å². The molecule has 4 nitrogen and oxygen atoms in total. The van der Waals surface area contributed by atoms with Crippen LogP contribution in [0.5, 0.6) is 0 Å². The number of fused-ring (bicyclic) bond motifs is 3. The fourth-order valence-electron chi connectivity index (χ4n) is 2.51. The van der Waals surface area contributed by atoms with Gasteiger partial charge in [-0.05, 0) is 41.3 Å². The fraction of sp³-hybridized carbons (Fsp3) is 0. The molecule has 102 valence electrons. The van der Waals surface area contributed by atoms with Gasteiger partial charge < -0.3 is 10.4 Å². The third kappa shape index (κ3) is 1.94. The van der Waals surface area contributed by atoms with Gasteiger partial charge in [-0.1, -0.05) is 11.8 Å². The molecule has 3 aliphatic heterocycles. The summed E-state index contributed by atoms with van der Waals surface area (Å²) in [6.45, 7) is 0. The second kappa shape index (κ2) is 4.49. The number of dihydropyridines is 1. The number of carboxylic acids is 1. The van der Waals surface area contributed by atoms with Gasteiger partial charge in [-0.3, -0.25) is 4.99 Å². The standard InChI is InChI=1S/C16H10N2O2S/c19-16(20)11-5-10-2-4-21-14-7-13-9(1-3-17-13)6-12(14)15(10)18-8-11/h1-8,18H,(H,19,20). The van der Waals surface area contributed by atoms with E-state index in [1.807, 2.05) is 17.6 Å². The van der Waals surface area contributed by atoms with E-state index in [0.29, 0.717) is 0 Å². The first kappa shape index (κ1) is 12.2. The van der Waals surface area contributed by atoms with Crippen molar-refractivity contribution in [2.24, 2.45) is 4.99 Å². The van der Waals surface area contributed by atoms with E-state index in [0.717, 1.165) is 32.3 Å². The maximum absolute atomic E-state index is 11.1. The van der Waals surface area contributed by atoms with E-state index in [-0.39, 0.29) is 5.57 Å². The zero-order chi connectivity index (χ0) is 14.4. The van der Waals surface area contributed by atoms with Crippen molar-refractivity contribution in [1.82, 2.24) is 5.32 Å². The zero-order valence-electron chi connectivity index (χ0n) is 10.8. The summed E-state index contributed by atoms with van der Waals surface area (Å²) < 4.78 is 0. The van der Waals surface area contributed by atoms with Crippen molar-refractivity contribution < 1.29 is 9.90 Å². The van der Waals surface area contributed by atoms with Crippen LogP contribution in [-0.4, -0.2) is 11.1 Å². The number of carbonyl (C=O) groups is 1. The van der Waals surface area contributed by atoms with Crippen LogP contribution in [0.15, 0.2) is 63.1 Å². The van der Waals surface area contributed by atoms with Gasteiger partial charge in [0.15, 0.2) is 0 Å². The molecule has 5 heteroatoms. The van der Waals surface area contributed by atoms with Crippen LogP contribution in [0.1, 0.15) is 5.56 Å². The number of thioether (sulfide) groups is 1. The summed E-state index contributed by atoms with van der Waals surface area (Å²) in [5.41, 5.74) is 3.14. The third-order valence-electron chi connectivity index (χ3n) is 3.53. The SMILES string of the molecule is O=C(O)C1=CNC2=c3cc4c(cc3SC=CC2=C1)=NC=C4. The van der Waals surface area contributed by atoms with Gasteiger partial charge in [-0.2, -0.15) is 0 Å². The topological polar surface area (TPSA) is 61.7 Å². The summed E-state index contributed by atoms with van der Waals surface area (Å²) in [4.78, 5) is 16.5. The summed E-state index contributed by atoms with van der Waals surface area (Å²) in [5.74, 6) is -0.935. The first-order valence-corrected chi connectivity index (χ1v) is 7.28. The molecule has 21 heavy (non-hydrogen) atoms. The predicted molar refractivity (Wildman–Crippen MR) is 81.6 cm³/mol. The largest absolute Gasteiger partial charge is 0.478 e. The molecule has 0 unspecified atom stereocenters. The second-order valence-electron chi connectivity index (χ2n) is 4.80. The Morgan fingerprint density at radius 1 is 1.29 bits per heavy atom. The van der Waals surface area contributed by atoms with E-state index in [1.54, 1.807) is 24.0 Å². The van der Waals surface area contributed by atoms with Crippen molar-refractivity contribution in [3.8, 4) is 0 Å². The Hall–Kier alpha value is -2.53. The van der Waals surface area contributed by atoms with Crippen molar-refractivity contribution >= 4 is 29.5 Å². The second-order valence-corrected chi connectivity index (χ2v) is 5.74. The molecule has 0 bridgehead atoms. The minimum Gasteiger partial charge on any atom is -0.478 e. The molecule has 1 aromatic carbocycles. The molecule has 2 N–H and O–H groups in total. The number of hydrogen-bond acceptors (Lipinski definition) is 4. The molecular formula is C16H10N2O2S. The fourth-order valence-corrected chi connectivity index (χ4v) is 3.33. The van der Waals surface area contributed by atoms with Crippen LogP contribution >= 0.6 is 11.8 Å². The Morgan fingerprint density at radius 3 is 3.05 bits per heavy atom. The molecule has 0 saturated carbocycles. The van der Waals surface area contributed by atoms with Crippen LogP contribution in [0.4, 0.5) is 0 Å². The number of nitrogens with zero attached hydrogens (tertiary/aromatic N) is 1. The summed E-state index contributed by atoms with van der Waals surface area (Å²) in [6, 6.07) is 4.15. The first-order valence-electron chi connectivity index (χ1n) is 6.40. The molecular weight excluding hydrogens is 284 g/mol. The molecule has 4 rings (SSSR count). The number of rotatable bonds is 1. The lowest BCUT2D eigenvalue weighted by molar-refractivity contribution is -0.132. The first-order chi connectivity index (χ1) is 10.2. The van der Waals surface area contributed by atoms with Crippen molar-refractivity contribution in [3.05, 3.63) is 69.4 Å². The Morgan fingerprint density at radius 2 is 2.19 bits per heavy atom. The highest BCUT2D eigenvalue weighted by Crippen LogP contribution is 2.26. The molecule has 0 spiro atoms. The van der Waals surface area contributed by atoms with Gasteiger partial charge in [0.05, 0.1) is 16.6 Å². The highest BCUT2D eigenvalue weighted by molar-refractivity contribution is 8.02. The summed E-state index contributed by atoms with van der Waals surface area (Å²) in [5, 5.41) is 16.2. The normalized spacial score (nSPS) is 17.6. The van der Waals surface area contributed by atoms with Crippen LogP contribution in [0.3, 0.4) is 0 Å². The predicted octanol–water partition coefficient (Wildman–Crippen LogP) is 1.52. The number of carboxylic acid groups (broad SMARTS) is 1. The van der Waals surface area contributed by atoms with Crippen LogP contribution in [0.2, 0.25) is 0 Å². The van der Waals surface area contributed by atoms with Gasteiger partial charge >= 0.3 is 5.97 Å². The van der Waals surface area contributed by atoms with Gasteiger partial charge in [-0.25, -0.2) is 4.79 Å². The minimum atomic E-state index is -0.935. The van der Waals surface area contributed by atoms with Crippen LogP contribution in [-0.2, 0) is 4.79 Å². The van der Waals surface area contributed by atoms with Crippen LogP contribution in [0.25, 0.3) is 11.8 Å². The maximum Gasteiger partial charge on any atom is 0.337 e. The number of hydrogen-bond donors (Lipinski definition) is 2. The van der Waals surface area contributed by atoms with E-state index in [1.165, 1.54) is 6.20 Å². The Bertz CT molecular complexity index is 920. The number of benzene rings is 1. The Balaban J connectivity index is 1.99. The molecule has 3 heterocycles. The quantitative estimate of drug-likeness (QED) is 0.824. The summed E-state index contributed by atoms with van der Waals surface area (Å²) in [6.07, 6.45) is 8.92. The van der Waals surface area contributed by atoms with Gasteiger partial charge in [-0.15, -0.1) is 0 Å². The van der Waals surface area contributed by atoms with Crippen LogP contribution in [0, 0.1) is 0 Å². The average Bonchev–Trinajstić information content (AvgIpc) is 2.85. The van der Waals surface area contributed by atoms with Crippen molar-refractivity contribution in [2.45, 2.75) is 4.90 Å². The molecule has 0 atom stereocenters. The molecule has 1 aromatic rings. The van der Waals surface area contributed by atoms with E-state index in [2.05, 4.69) is 22.4 Å². The van der Waals surface area contributed by atoms with Crippen molar-refractivity contribution in [2.75, 3.05) is 0 Å². The van der Waals surface area contributed by atoms with Gasteiger partial charge in [0.25, 0.3) is 0 Å². The van der Waals surface area contributed by atoms with E-state index in [9.17, 15) is 4.79 Å². The molecule has 0 aromatic heterocycles. The Kier molecular flexibility index (Phi) is 2.62. The molecule has 0 radical (unpaired) electrons. The monoisotopic (exact) mass is 294 g/mol. The van der Waals surface area contributed by atoms with Crippen molar-refractivity contribution in [1.29, 1.82) is 0 Å². The lowest BCUT2D eigenvalue weighted by atomic mass is 10.0. The molecule has 0 saturated heterocycles. The highest BCUT2D eigenvalue weighted by atomic mass is 32.2. The zero-order valence-corrected chi connectivity index (χ0v) is 11.6. The number of nitrogens with one attached hydrogen (secondary N) is 1. The number of aliphatic carboxylic acids is 1. The molecule has 0 amide bonds. The summed E-state index contributed by atoms with van der Waals surface area (Å²) in [7, 11) is 0. The molecule has 3 aliphatic rings. The summed E-state index contributed by atoms with van der Waals surface area (Å²) >= 11 is 1.61. The molecule has 0 fully saturated rings. The highest BCUT2D eigenvalue weighted by Gasteiger charge is 2.17. The maximum atomic E-state index is 11.1. The Labute approximate surface area is 124 Å². The van der Waals surface area contributed by atoms with Crippen LogP contribution < -0.4 is 15.9 Å². The van der Waals surface area contributed by atoms with Gasteiger partial charge in [0, 0.05) is 28.1 Å². The van der Waals surface area contributed by atoms with Crippen molar-refractivity contribution in [3.63, 3.8) is 0 Å². The minimum absolute atomic E-state index is 0.253. The van der Waals surface area contributed by atoms with E-state index in [4.69, 9.17) is 5.11 Å². The lowest BCUT2D eigenvalue weighted by Crippen LogP contribution is -2.24. The third-order valence-corrected chi connectivity index (χ3v) is 4.39. The smallest absolute Gasteiger partial charge is 0.337 e. The van der Waals surface area contributed by atoms with Gasteiger partial charge in [0.2, 0.25) is 0 Å². The molecule has 0 aliphatic carbocycles. The lowest BCUT2D eigenvalue weighted by Gasteiger charge is -2.15. The van der Waals surface area contributed by atoms with Gasteiger partial charge in [0.1, 0.15) is 0 Å². The average molecular weight is 294 g/mol. The van der Waals surface area contributed by atoms with E-state index >= 15 is 0 Å².